The van der Waals surface area contributed by atoms with Crippen molar-refractivity contribution in [3.8, 4) is 0 Å². The molecule has 1 spiro atoms. The third kappa shape index (κ3) is 2.41. The fraction of sp³-hybridized carbons (Fsp3) is 0.429. The standard InChI is InChI=1S/C14H17F2N5S/c15-8-6-9(16)11(10(22)7-8)21-13(18)19-12(17)20-14(21)4-2-1-3-5-14/h6-7,22H,1-5H2,(H4,17,18,19,20). The second kappa shape index (κ2) is 5.42. The summed E-state index contributed by atoms with van der Waals surface area (Å²) in [5, 5.41) is 0. The van der Waals surface area contributed by atoms with E-state index in [0.29, 0.717) is 12.8 Å². The van der Waals surface area contributed by atoms with Crippen LogP contribution in [-0.4, -0.2) is 17.6 Å². The largest absolute Gasteiger partial charge is 0.369 e. The highest BCUT2D eigenvalue weighted by molar-refractivity contribution is 7.80. The lowest BCUT2D eigenvalue weighted by Gasteiger charge is -2.46. The van der Waals surface area contributed by atoms with E-state index in [1.54, 1.807) is 0 Å². The number of anilines is 1. The van der Waals surface area contributed by atoms with Gasteiger partial charge in [-0.15, -0.1) is 12.6 Å². The van der Waals surface area contributed by atoms with Crippen molar-refractivity contribution in [2.75, 3.05) is 4.90 Å². The van der Waals surface area contributed by atoms with Crippen LogP contribution in [0.2, 0.25) is 0 Å². The molecule has 5 nitrogen and oxygen atoms in total. The topological polar surface area (TPSA) is 80.0 Å². The lowest BCUT2D eigenvalue weighted by atomic mass is 9.87. The fourth-order valence-corrected chi connectivity index (χ4v) is 3.55. The van der Waals surface area contributed by atoms with Crippen molar-refractivity contribution < 1.29 is 8.78 Å². The quantitative estimate of drug-likeness (QED) is 0.694. The van der Waals surface area contributed by atoms with Crippen LogP contribution >= 0.6 is 12.6 Å². The van der Waals surface area contributed by atoms with Gasteiger partial charge < -0.3 is 11.5 Å². The van der Waals surface area contributed by atoms with E-state index < -0.39 is 17.3 Å². The molecule has 0 bridgehead atoms. The molecular weight excluding hydrogens is 308 g/mol. The van der Waals surface area contributed by atoms with Crippen LogP contribution in [0.1, 0.15) is 32.1 Å². The number of aliphatic imine (C=N–C) groups is 2. The van der Waals surface area contributed by atoms with Crippen molar-refractivity contribution in [3.05, 3.63) is 23.8 Å². The van der Waals surface area contributed by atoms with Gasteiger partial charge in [0.05, 0.1) is 5.69 Å². The van der Waals surface area contributed by atoms with Crippen molar-refractivity contribution in [1.82, 2.24) is 0 Å². The monoisotopic (exact) mass is 325 g/mol. The molecule has 0 saturated heterocycles. The summed E-state index contributed by atoms with van der Waals surface area (Å²) in [6.45, 7) is 0. The average molecular weight is 325 g/mol. The Morgan fingerprint density at radius 1 is 1.14 bits per heavy atom. The number of guanidine groups is 2. The molecule has 1 aromatic rings. The summed E-state index contributed by atoms with van der Waals surface area (Å²) in [4.78, 5) is 10.1. The van der Waals surface area contributed by atoms with Gasteiger partial charge in [0.2, 0.25) is 11.9 Å². The van der Waals surface area contributed by atoms with Crippen LogP contribution in [0.4, 0.5) is 14.5 Å². The van der Waals surface area contributed by atoms with Gasteiger partial charge >= 0.3 is 0 Å². The van der Waals surface area contributed by atoms with Crippen molar-refractivity contribution >= 4 is 30.2 Å². The van der Waals surface area contributed by atoms with Crippen LogP contribution in [0.3, 0.4) is 0 Å². The molecule has 1 fully saturated rings. The predicted octanol–water partition coefficient (Wildman–Crippen LogP) is 2.36. The van der Waals surface area contributed by atoms with E-state index in [-0.39, 0.29) is 22.5 Å². The van der Waals surface area contributed by atoms with Gasteiger partial charge in [-0.1, -0.05) is 6.42 Å². The van der Waals surface area contributed by atoms with Gasteiger partial charge in [0.15, 0.2) is 5.82 Å². The molecule has 0 atom stereocenters. The normalized spacial score (nSPS) is 20.8. The first-order chi connectivity index (χ1) is 10.4. The summed E-state index contributed by atoms with van der Waals surface area (Å²) in [5.41, 5.74) is 11.1. The minimum Gasteiger partial charge on any atom is -0.369 e. The molecule has 22 heavy (non-hydrogen) atoms. The minimum absolute atomic E-state index is 0.0511. The van der Waals surface area contributed by atoms with Gasteiger partial charge in [-0.3, -0.25) is 4.90 Å². The Balaban J connectivity index is 2.16. The molecule has 2 aliphatic rings. The Hall–Kier alpha value is -1.83. The van der Waals surface area contributed by atoms with E-state index in [1.165, 1.54) is 4.90 Å². The molecule has 0 unspecified atom stereocenters. The maximum atomic E-state index is 14.4. The van der Waals surface area contributed by atoms with Crippen molar-refractivity contribution in [1.29, 1.82) is 0 Å². The van der Waals surface area contributed by atoms with Crippen molar-refractivity contribution in [2.24, 2.45) is 21.5 Å². The molecule has 8 heteroatoms. The number of benzene rings is 1. The Kier molecular flexibility index (Phi) is 3.72. The zero-order valence-corrected chi connectivity index (χ0v) is 12.8. The third-order valence-electron chi connectivity index (χ3n) is 4.08. The van der Waals surface area contributed by atoms with Gasteiger partial charge in [0.25, 0.3) is 0 Å². The first-order valence-corrected chi connectivity index (χ1v) is 7.55. The van der Waals surface area contributed by atoms with E-state index in [0.717, 1.165) is 31.4 Å². The van der Waals surface area contributed by atoms with Crippen LogP contribution in [-0.2, 0) is 0 Å². The molecule has 118 valence electrons. The number of hydrogen-bond acceptors (Lipinski definition) is 6. The number of thiol groups is 1. The molecule has 1 saturated carbocycles. The van der Waals surface area contributed by atoms with Crippen LogP contribution < -0.4 is 16.4 Å². The third-order valence-corrected chi connectivity index (χ3v) is 4.42. The molecule has 1 aliphatic heterocycles. The van der Waals surface area contributed by atoms with Gasteiger partial charge in [-0.2, -0.15) is 4.99 Å². The molecule has 0 radical (unpaired) electrons. The molecule has 4 N–H and O–H groups in total. The van der Waals surface area contributed by atoms with Crippen molar-refractivity contribution in [3.63, 3.8) is 0 Å². The Morgan fingerprint density at radius 2 is 1.82 bits per heavy atom. The highest BCUT2D eigenvalue weighted by Crippen LogP contribution is 2.42. The second-order valence-electron chi connectivity index (χ2n) is 5.57. The number of hydrogen-bond donors (Lipinski definition) is 3. The van der Waals surface area contributed by atoms with Crippen LogP contribution in [0.25, 0.3) is 0 Å². The maximum Gasteiger partial charge on any atom is 0.220 e. The van der Waals surface area contributed by atoms with E-state index in [9.17, 15) is 8.78 Å². The number of halogens is 2. The SMILES string of the molecule is NC1=NC2(CCCCC2)N(c2c(F)cc(F)cc2S)C(N)=N1. The zero-order chi connectivity index (χ0) is 15.9. The zero-order valence-electron chi connectivity index (χ0n) is 11.9. The second-order valence-corrected chi connectivity index (χ2v) is 6.06. The van der Waals surface area contributed by atoms with Crippen LogP contribution in [0, 0.1) is 11.6 Å². The summed E-state index contributed by atoms with van der Waals surface area (Å²) in [7, 11) is 0. The van der Waals surface area contributed by atoms with E-state index in [2.05, 4.69) is 22.6 Å². The summed E-state index contributed by atoms with van der Waals surface area (Å²) < 4.78 is 27.7. The summed E-state index contributed by atoms with van der Waals surface area (Å²) in [6.07, 6.45) is 4.26. The van der Waals surface area contributed by atoms with Crippen LogP contribution in [0.5, 0.6) is 0 Å². The van der Waals surface area contributed by atoms with E-state index in [4.69, 9.17) is 11.5 Å². The molecule has 3 rings (SSSR count). The molecule has 1 heterocycles. The van der Waals surface area contributed by atoms with Crippen molar-refractivity contribution in [2.45, 2.75) is 42.7 Å². The van der Waals surface area contributed by atoms with E-state index >= 15 is 0 Å². The molecular formula is C14H17F2N5S. The highest BCUT2D eigenvalue weighted by atomic mass is 32.1. The van der Waals surface area contributed by atoms with Crippen LogP contribution in [0.15, 0.2) is 27.0 Å². The van der Waals surface area contributed by atoms with Gasteiger partial charge in [0, 0.05) is 11.0 Å². The number of nitrogens with zero attached hydrogens (tertiary/aromatic N) is 3. The predicted molar refractivity (Wildman–Crippen MR) is 85.1 cm³/mol. The molecule has 1 aliphatic carbocycles. The van der Waals surface area contributed by atoms with Gasteiger partial charge in [-0.05, 0) is 31.7 Å². The first-order valence-electron chi connectivity index (χ1n) is 7.11. The Bertz CT molecular complexity index is 644. The summed E-state index contributed by atoms with van der Waals surface area (Å²) in [6, 6.07) is 1.95. The first kappa shape index (κ1) is 15.1. The Labute approximate surface area is 132 Å². The molecule has 1 aromatic carbocycles. The lowest BCUT2D eigenvalue weighted by Crippen LogP contribution is -2.58. The lowest BCUT2D eigenvalue weighted by molar-refractivity contribution is 0.303. The highest BCUT2D eigenvalue weighted by Gasteiger charge is 2.44. The maximum absolute atomic E-state index is 14.4. The number of nitrogens with two attached hydrogens (primary N) is 2. The van der Waals surface area contributed by atoms with Gasteiger partial charge in [-0.25, -0.2) is 13.8 Å². The molecule has 0 amide bonds. The summed E-state index contributed by atoms with van der Waals surface area (Å²) in [5.74, 6) is -1.31. The van der Waals surface area contributed by atoms with Gasteiger partial charge in [0.1, 0.15) is 11.5 Å². The Morgan fingerprint density at radius 3 is 2.45 bits per heavy atom. The molecule has 0 aromatic heterocycles. The number of rotatable bonds is 1. The smallest absolute Gasteiger partial charge is 0.220 e. The fourth-order valence-electron chi connectivity index (χ4n) is 3.22. The average Bonchev–Trinajstić information content (AvgIpc) is 2.41. The van der Waals surface area contributed by atoms with E-state index in [1.807, 2.05) is 0 Å². The summed E-state index contributed by atoms with van der Waals surface area (Å²) >= 11 is 4.20. The minimum atomic E-state index is -0.773.